The van der Waals surface area contributed by atoms with Crippen LogP contribution in [0.1, 0.15) is 19.4 Å². The predicted molar refractivity (Wildman–Crippen MR) is 72.3 cm³/mol. The van der Waals surface area contributed by atoms with Crippen LogP contribution in [-0.2, 0) is 6.42 Å². The van der Waals surface area contributed by atoms with Crippen molar-refractivity contribution in [1.29, 1.82) is 0 Å². The van der Waals surface area contributed by atoms with E-state index in [0.29, 0.717) is 6.04 Å². The van der Waals surface area contributed by atoms with Crippen molar-refractivity contribution in [3.05, 3.63) is 29.8 Å². The van der Waals surface area contributed by atoms with Gasteiger partial charge in [0.05, 0.1) is 0 Å². The van der Waals surface area contributed by atoms with Crippen LogP contribution in [0.2, 0.25) is 0 Å². The van der Waals surface area contributed by atoms with E-state index in [4.69, 9.17) is 0 Å². The highest BCUT2D eigenvalue weighted by molar-refractivity contribution is 7.98. The van der Waals surface area contributed by atoms with Crippen molar-refractivity contribution in [2.45, 2.75) is 31.2 Å². The zero-order valence-corrected chi connectivity index (χ0v) is 11.3. The second-order valence-corrected chi connectivity index (χ2v) is 4.39. The average molecular weight is 246 g/mol. The van der Waals surface area contributed by atoms with Crippen molar-refractivity contribution in [2.24, 2.45) is 0 Å². The largest absolute Gasteiger partial charge is 0.314 e. The highest BCUT2D eigenvalue weighted by Crippen LogP contribution is 2.15. The minimum Gasteiger partial charge on any atom is -0.314 e. The SMILES string of the molecule is CCN[C@@H](C)Cc1ccc(SC)cc1.Cl. The maximum absolute atomic E-state index is 3.42. The molecular weight excluding hydrogens is 226 g/mol. The fourth-order valence-electron chi connectivity index (χ4n) is 1.54. The number of thioether (sulfide) groups is 1. The Morgan fingerprint density at radius 3 is 2.33 bits per heavy atom. The summed E-state index contributed by atoms with van der Waals surface area (Å²) in [4.78, 5) is 1.34. The van der Waals surface area contributed by atoms with Gasteiger partial charge < -0.3 is 5.32 Å². The topological polar surface area (TPSA) is 12.0 Å². The van der Waals surface area contributed by atoms with E-state index in [1.165, 1.54) is 10.5 Å². The number of benzene rings is 1. The molecule has 0 bridgehead atoms. The van der Waals surface area contributed by atoms with Crippen molar-refractivity contribution in [3.8, 4) is 0 Å². The van der Waals surface area contributed by atoms with Crippen LogP contribution in [0.25, 0.3) is 0 Å². The molecule has 0 saturated carbocycles. The Labute approximate surface area is 103 Å². The van der Waals surface area contributed by atoms with Crippen LogP contribution in [0.3, 0.4) is 0 Å². The molecule has 15 heavy (non-hydrogen) atoms. The van der Waals surface area contributed by atoms with E-state index < -0.39 is 0 Å². The molecule has 0 heterocycles. The van der Waals surface area contributed by atoms with Gasteiger partial charge in [0.1, 0.15) is 0 Å². The van der Waals surface area contributed by atoms with Crippen LogP contribution in [0.5, 0.6) is 0 Å². The van der Waals surface area contributed by atoms with Crippen molar-refractivity contribution < 1.29 is 0 Å². The molecule has 0 aliphatic heterocycles. The van der Waals surface area contributed by atoms with Gasteiger partial charge in [-0.25, -0.2) is 0 Å². The lowest BCUT2D eigenvalue weighted by Gasteiger charge is -2.12. The fraction of sp³-hybridized carbons (Fsp3) is 0.500. The first-order chi connectivity index (χ1) is 6.76. The van der Waals surface area contributed by atoms with Crippen LogP contribution in [0, 0.1) is 0 Å². The smallest absolute Gasteiger partial charge is 0.00790 e. The number of hydrogen-bond donors (Lipinski definition) is 1. The first-order valence-electron chi connectivity index (χ1n) is 5.12. The molecule has 1 aromatic carbocycles. The molecule has 3 heteroatoms. The minimum absolute atomic E-state index is 0. The zero-order chi connectivity index (χ0) is 10.4. The molecule has 0 saturated heterocycles. The first-order valence-corrected chi connectivity index (χ1v) is 6.35. The average Bonchev–Trinajstić information content (AvgIpc) is 2.19. The third-order valence-corrected chi connectivity index (χ3v) is 3.00. The van der Waals surface area contributed by atoms with Crippen molar-refractivity contribution in [1.82, 2.24) is 5.32 Å². The Morgan fingerprint density at radius 2 is 1.87 bits per heavy atom. The standard InChI is InChI=1S/C12H19NS.ClH/c1-4-13-10(2)9-11-5-7-12(14-3)8-6-11;/h5-8,10,13H,4,9H2,1-3H3;1H/t10-;/m0./s1. The molecule has 1 N–H and O–H groups in total. The molecular formula is C12H20ClNS. The van der Waals surface area contributed by atoms with Gasteiger partial charge in [0.25, 0.3) is 0 Å². The summed E-state index contributed by atoms with van der Waals surface area (Å²) < 4.78 is 0. The molecule has 0 aliphatic carbocycles. The van der Waals surface area contributed by atoms with Gasteiger partial charge in [-0.1, -0.05) is 19.1 Å². The fourth-order valence-corrected chi connectivity index (χ4v) is 1.94. The van der Waals surface area contributed by atoms with Crippen LogP contribution >= 0.6 is 24.2 Å². The molecule has 1 atom stereocenters. The Kier molecular flexibility index (Phi) is 7.93. The number of rotatable bonds is 5. The summed E-state index contributed by atoms with van der Waals surface area (Å²) in [6.45, 7) is 5.42. The molecule has 0 spiro atoms. The van der Waals surface area contributed by atoms with Gasteiger partial charge in [-0.05, 0) is 43.8 Å². The third kappa shape index (κ3) is 5.45. The van der Waals surface area contributed by atoms with Gasteiger partial charge >= 0.3 is 0 Å². The van der Waals surface area contributed by atoms with E-state index >= 15 is 0 Å². The summed E-state index contributed by atoms with van der Waals surface area (Å²) in [5.74, 6) is 0. The molecule has 0 fully saturated rings. The first kappa shape index (κ1) is 14.8. The minimum atomic E-state index is 0. The lowest BCUT2D eigenvalue weighted by molar-refractivity contribution is 0.565. The quantitative estimate of drug-likeness (QED) is 0.799. The zero-order valence-electron chi connectivity index (χ0n) is 9.62. The second kappa shape index (κ2) is 8.03. The molecule has 0 aliphatic rings. The highest BCUT2D eigenvalue weighted by atomic mass is 35.5. The maximum Gasteiger partial charge on any atom is 0.00790 e. The van der Waals surface area contributed by atoms with Gasteiger partial charge in [-0.3, -0.25) is 0 Å². The molecule has 0 radical (unpaired) electrons. The molecule has 1 nitrogen and oxygen atoms in total. The summed E-state index contributed by atoms with van der Waals surface area (Å²) in [7, 11) is 0. The summed E-state index contributed by atoms with van der Waals surface area (Å²) >= 11 is 1.79. The van der Waals surface area contributed by atoms with Gasteiger partial charge in [0.2, 0.25) is 0 Å². The van der Waals surface area contributed by atoms with Crippen LogP contribution < -0.4 is 5.32 Å². The number of halogens is 1. The van der Waals surface area contributed by atoms with Gasteiger partial charge in [-0.15, -0.1) is 24.2 Å². The number of likely N-dealkylation sites (N-methyl/N-ethyl adjacent to an activating group) is 1. The normalized spacial score (nSPS) is 11.9. The van der Waals surface area contributed by atoms with E-state index in [0.717, 1.165) is 13.0 Å². The molecule has 0 unspecified atom stereocenters. The molecule has 1 rings (SSSR count). The lowest BCUT2D eigenvalue weighted by atomic mass is 10.1. The number of hydrogen-bond acceptors (Lipinski definition) is 2. The highest BCUT2D eigenvalue weighted by Gasteiger charge is 2.01. The summed E-state index contributed by atoms with van der Waals surface area (Å²) in [6.07, 6.45) is 3.22. The summed E-state index contributed by atoms with van der Waals surface area (Å²) in [6, 6.07) is 9.40. The Balaban J connectivity index is 0.00000196. The van der Waals surface area contributed by atoms with Gasteiger partial charge in [-0.2, -0.15) is 0 Å². The molecule has 86 valence electrons. The number of nitrogens with one attached hydrogen (secondary N) is 1. The van der Waals surface area contributed by atoms with E-state index in [9.17, 15) is 0 Å². The molecule has 1 aromatic rings. The van der Waals surface area contributed by atoms with Crippen LogP contribution in [-0.4, -0.2) is 18.8 Å². The van der Waals surface area contributed by atoms with Gasteiger partial charge in [0.15, 0.2) is 0 Å². The van der Waals surface area contributed by atoms with Crippen LogP contribution in [0.15, 0.2) is 29.2 Å². The Bertz CT molecular complexity index is 261. The van der Waals surface area contributed by atoms with E-state index in [1.807, 2.05) is 0 Å². The second-order valence-electron chi connectivity index (χ2n) is 3.51. The van der Waals surface area contributed by atoms with Crippen molar-refractivity contribution in [3.63, 3.8) is 0 Å². The van der Waals surface area contributed by atoms with Crippen LogP contribution in [0.4, 0.5) is 0 Å². The Morgan fingerprint density at radius 1 is 1.27 bits per heavy atom. The van der Waals surface area contributed by atoms with Crippen molar-refractivity contribution >= 4 is 24.2 Å². The maximum atomic E-state index is 3.42. The Hall–Kier alpha value is -0.180. The van der Waals surface area contributed by atoms with Gasteiger partial charge in [0, 0.05) is 10.9 Å². The monoisotopic (exact) mass is 245 g/mol. The van der Waals surface area contributed by atoms with Crippen molar-refractivity contribution in [2.75, 3.05) is 12.8 Å². The third-order valence-electron chi connectivity index (χ3n) is 2.25. The lowest BCUT2D eigenvalue weighted by Crippen LogP contribution is -2.27. The van der Waals surface area contributed by atoms with E-state index in [2.05, 4.69) is 49.7 Å². The molecule has 0 aromatic heterocycles. The summed E-state index contributed by atoms with van der Waals surface area (Å²) in [5, 5.41) is 3.42. The molecule has 0 amide bonds. The predicted octanol–water partition coefficient (Wildman–Crippen LogP) is 3.37. The van der Waals surface area contributed by atoms with E-state index in [-0.39, 0.29) is 12.4 Å². The summed E-state index contributed by atoms with van der Waals surface area (Å²) in [5.41, 5.74) is 1.41. The van der Waals surface area contributed by atoms with E-state index in [1.54, 1.807) is 11.8 Å².